The van der Waals surface area contributed by atoms with Crippen molar-refractivity contribution in [2.45, 2.75) is 19.6 Å². The smallest absolute Gasteiger partial charge is 0.383 e. The van der Waals surface area contributed by atoms with Crippen LogP contribution in [0.1, 0.15) is 11.4 Å². The minimum atomic E-state index is -4.70. The number of hydrogen-bond donors (Lipinski definition) is 0. The fourth-order valence-corrected chi connectivity index (χ4v) is 2.37. The van der Waals surface area contributed by atoms with Crippen molar-refractivity contribution in [3.63, 3.8) is 0 Å². The van der Waals surface area contributed by atoms with Crippen LogP contribution in [0.4, 0.5) is 13.2 Å². The van der Waals surface area contributed by atoms with E-state index in [1.165, 1.54) is 17.9 Å². The molecule has 2 aromatic rings. The zero-order chi connectivity index (χ0) is 15.1. The Morgan fingerprint density at radius 1 is 1.45 bits per heavy atom. The number of rotatable bonds is 3. The molecule has 0 aliphatic rings. The molecule has 5 nitrogen and oxygen atoms in total. The van der Waals surface area contributed by atoms with Gasteiger partial charge in [0.2, 0.25) is 5.78 Å². The van der Waals surface area contributed by atoms with Gasteiger partial charge in [-0.1, -0.05) is 0 Å². The highest BCUT2D eigenvalue weighted by atomic mass is 79.9. The zero-order valence-corrected chi connectivity index (χ0v) is 12.2. The molecular weight excluding hydrogens is 343 g/mol. The second-order valence-electron chi connectivity index (χ2n) is 4.16. The second kappa shape index (κ2) is 5.21. The van der Waals surface area contributed by atoms with Crippen molar-refractivity contribution in [2.75, 3.05) is 13.7 Å². The maximum Gasteiger partial charge on any atom is 0.434 e. The summed E-state index contributed by atoms with van der Waals surface area (Å²) < 4.78 is 45.5. The molecule has 0 saturated heterocycles. The van der Waals surface area contributed by atoms with Crippen LogP contribution in [0.2, 0.25) is 0 Å². The summed E-state index contributed by atoms with van der Waals surface area (Å²) >= 11 is 2.67. The molecule has 0 aliphatic carbocycles. The lowest BCUT2D eigenvalue weighted by atomic mass is 10.4. The van der Waals surface area contributed by atoms with Gasteiger partial charge >= 0.3 is 6.18 Å². The summed E-state index contributed by atoms with van der Waals surface area (Å²) in [5.74, 6) is -0.0555. The largest absolute Gasteiger partial charge is 0.434 e. The van der Waals surface area contributed by atoms with Crippen LogP contribution >= 0.6 is 15.9 Å². The third-order valence-corrected chi connectivity index (χ3v) is 3.53. The van der Waals surface area contributed by atoms with Gasteiger partial charge in [0, 0.05) is 25.5 Å². The van der Waals surface area contributed by atoms with E-state index in [0.29, 0.717) is 18.8 Å². The molecule has 0 radical (unpaired) electrons. The number of ether oxygens (including phenoxy) is 1. The van der Waals surface area contributed by atoms with Gasteiger partial charge in [-0.05, 0) is 22.9 Å². The average Bonchev–Trinajstić information content (AvgIpc) is 2.66. The molecule has 110 valence electrons. The molecular formula is C11H11BrF3N3O2. The van der Waals surface area contributed by atoms with Crippen LogP contribution in [0.3, 0.4) is 0 Å². The van der Waals surface area contributed by atoms with Gasteiger partial charge in [-0.2, -0.15) is 13.2 Å². The van der Waals surface area contributed by atoms with Crippen molar-refractivity contribution >= 4 is 21.7 Å². The summed E-state index contributed by atoms with van der Waals surface area (Å²) in [6.07, 6.45) is -3.25. The highest BCUT2D eigenvalue weighted by molar-refractivity contribution is 9.10. The van der Waals surface area contributed by atoms with Crippen molar-refractivity contribution in [3.8, 4) is 0 Å². The molecule has 0 aliphatic heterocycles. The van der Waals surface area contributed by atoms with Crippen molar-refractivity contribution in [1.29, 1.82) is 0 Å². The first-order valence-electron chi connectivity index (χ1n) is 5.61. The third kappa shape index (κ3) is 2.47. The Morgan fingerprint density at radius 2 is 2.10 bits per heavy atom. The van der Waals surface area contributed by atoms with E-state index in [4.69, 9.17) is 4.74 Å². The Hall–Kier alpha value is -1.35. The SMILES string of the molecule is COCCn1c(C)cn2c(=O)c(Br)c(C(F)(F)F)nc12. The van der Waals surface area contributed by atoms with E-state index in [1.807, 2.05) is 0 Å². The van der Waals surface area contributed by atoms with E-state index >= 15 is 0 Å². The quantitative estimate of drug-likeness (QED) is 0.850. The van der Waals surface area contributed by atoms with Crippen molar-refractivity contribution < 1.29 is 17.9 Å². The number of nitrogens with zero attached hydrogens (tertiary/aromatic N) is 3. The van der Waals surface area contributed by atoms with Crippen molar-refractivity contribution in [3.05, 3.63) is 32.4 Å². The number of hydrogen-bond acceptors (Lipinski definition) is 3. The van der Waals surface area contributed by atoms with Gasteiger partial charge in [0.15, 0.2) is 5.69 Å². The normalized spacial score (nSPS) is 12.3. The highest BCUT2D eigenvalue weighted by Gasteiger charge is 2.37. The molecule has 2 aromatic heterocycles. The first kappa shape index (κ1) is 15.0. The van der Waals surface area contributed by atoms with E-state index in [9.17, 15) is 18.0 Å². The van der Waals surface area contributed by atoms with Crippen molar-refractivity contribution in [2.24, 2.45) is 0 Å². The van der Waals surface area contributed by atoms with Gasteiger partial charge in [-0.25, -0.2) is 4.98 Å². The maximum atomic E-state index is 12.9. The summed E-state index contributed by atoms with van der Waals surface area (Å²) in [6, 6.07) is 0. The Kier molecular flexibility index (Phi) is 3.92. The Balaban J connectivity index is 2.76. The molecule has 0 fully saturated rings. The Bertz CT molecular complexity index is 705. The fourth-order valence-electron chi connectivity index (χ4n) is 1.87. The molecule has 0 unspecified atom stereocenters. The molecule has 0 spiro atoms. The van der Waals surface area contributed by atoms with E-state index in [2.05, 4.69) is 20.9 Å². The van der Waals surface area contributed by atoms with E-state index in [0.717, 1.165) is 4.40 Å². The predicted octanol–water partition coefficient (Wildman–Crippen LogP) is 2.23. The van der Waals surface area contributed by atoms with Gasteiger partial charge in [0.05, 0.1) is 6.61 Å². The third-order valence-electron chi connectivity index (χ3n) is 2.81. The van der Waals surface area contributed by atoms with Crippen LogP contribution in [0.25, 0.3) is 5.78 Å². The molecule has 0 N–H and O–H groups in total. The monoisotopic (exact) mass is 353 g/mol. The predicted molar refractivity (Wildman–Crippen MR) is 68.8 cm³/mol. The lowest BCUT2D eigenvalue weighted by Gasteiger charge is -2.10. The lowest BCUT2D eigenvalue weighted by Crippen LogP contribution is -2.22. The van der Waals surface area contributed by atoms with Crippen LogP contribution in [-0.2, 0) is 17.5 Å². The van der Waals surface area contributed by atoms with Crippen LogP contribution in [0, 0.1) is 6.92 Å². The fraction of sp³-hybridized carbons (Fsp3) is 0.455. The highest BCUT2D eigenvalue weighted by Crippen LogP contribution is 2.31. The first-order chi connectivity index (χ1) is 9.27. The maximum absolute atomic E-state index is 12.9. The molecule has 0 aromatic carbocycles. The van der Waals surface area contributed by atoms with Gasteiger partial charge in [0.1, 0.15) is 4.47 Å². The van der Waals surface area contributed by atoms with Crippen LogP contribution in [-0.4, -0.2) is 27.7 Å². The summed E-state index contributed by atoms with van der Waals surface area (Å²) in [5.41, 5.74) is -1.39. The Labute approximate surface area is 120 Å². The number of methoxy groups -OCH3 is 1. The average molecular weight is 354 g/mol. The molecule has 2 rings (SSSR count). The number of fused-ring (bicyclic) bond motifs is 1. The second-order valence-corrected chi connectivity index (χ2v) is 4.96. The topological polar surface area (TPSA) is 48.5 Å². The lowest BCUT2D eigenvalue weighted by molar-refractivity contribution is -0.141. The molecule has 0 amide bonds. The number of aromatic nitrogens is 3. The number of aryl methyl sites for hydroxylation is 1. The van der Waals surface area contributed by atoms with Gasteiger partial charge in [0.25, 0.3) is 5.56 Å². The molecule has 0 atom stereocenters. The van der Waals surface area contributed by atoms with Gasteiger partial charge < -0.3 is 9.30 Å². The van der Waals surface area contributed by atoms with E-state index in [1.54, 1.807) is 6.92 Å². The molecule has 0 saturated carbocycles. The van der Waals surface area contributed by atoms with Crippen LogP contribution in [0.5, 0.6) is 0 Å². The zero-order valence-electron chi connectivity index (χ0n) is 10.7. The molecule has 9 heteroatoms. The number of halogens is 4. The van der Waals surface area contributed by atoms with Crippen LogP contribution < -0.4 is 5.56 Å². The molecule has 2 heterocycles. The van der Waals surface area contributed by atoms with Gasteiger partial charge in [-0.3, -0.25) is 9.20 Å². The summed E-state index contributed by atoms with van der Waals surface area (Å²) in [6.45, 7) is 2.30. The summed E-state index contributed by atoms with van der Waals surface area (Å²) in [5, 5.41) is 0. The van der Waals surface area contributed by atoms with Crippen LogP contribution in [0.15, 0.2) is 15.5 Å². The molecule has 0 bridgehead atoms. The minimum absolute atomic E-state index is 0.0555. The first-order valence-corrected chi connectivity index (χ1v) is 6.40. The summed E-state index contributed by atoms with van der Waals surface area (Å²) in [7, 11) is 1.48. The number of alkyl halides is 3. The Morgan fingerprint density at radius 3 is 2.65 bits per heavy atom. The van der Waals surface area contributed by atoms with Crippen molar-refractivity contribution in [1.82, 2.24) is 14.0 Å². The summed E-state index contributed by atoms with van der Waals surface area (Å²) in [4.78, 5) is 15.5. The van der Waals surface area contributed by atoms with Gasteiger partial charge in [-0.15, -0.1) is 0 Å². The van der Waals surface area contributed by atoms with E-state index in [-0.39, 0.29) is 5.78 Å². The van der Waals surface area contributed by atoms with E-state index < -0.39 is 21.9 Å². The standard InChI is InChI=1S/C11H11BrF3N3O2/c1-6-5-18-9(19)7(12)8(11(13,14)15)16-10(18)17(6)3-4-20-2/h5H,3-4H2,1-2H3. The number of imidazole rings is 1. The minimum Gasteiger partial charge on any atom is -0.383 e. The molecule has 20 heavy (non-hydrogen) atoms.